The van der Waals surface area contributed by atoms with Crippen molar-refractivity contribution < 1.29 is 13.3 Å². The van der Waals surface area contributed by atoms with Crippen molar-refractivity contribution in [1.82, 2.24) is 9.62 Å². The van der Waals surface area contributed by atoms with Crippen LogP contribution in [-0.2, 0) is 10.0 Å². The van der Waals surface area contributed by atoms with Gasteiger partial charge in [0.15, 0.2) is 4.90 Å². The highest BCUT2D eigenvalue weighted by Gasteiger charge is 2.36. The summed E-state index contributed by atoms with van der Waals surface area (Å²) in [5.41, 5.74) is -0.448. The van der Waals surface area contributed by atoms with Crippen LogP contribution < -0.4 is 5.32 Å². The highest BCUT2D eigenvalue weighted by molar-refractivity contribution is 7.89. The molecule has 9 heteroatoms. The molecule has 1 aromatic carbocycles. The number of halogens is 1. The van der Waals surface area contributed by atoms with Gasteiger partial charge in [-0.05, 0) is 38.1 Å². The predicted octanol–water partition coefficient (Wildman–Crippen LogP) is 1.48. The first-order valence-corrected chi connectivity index (χ1v) is 8.26. The summed E-state index contributed by atoms with van der Waals surface area (Å²) in [5, 5.41) is 14.2. The molecule has 0 aromatic heterocycles. The zero-order chi connectivity index (χ0) is 15.6. The molecule has 1 atom stereocenters. The fraction of sp³-hybridized carbons (Fsp3) is 0.500. The van der Waals surface area contributed by atoms with Gasteiger partial charge >= 0.3 is 0 Å². The Labute approximate surface area is 128 Å². The van der Waals surface area contributed by atoms with Gasteiger partial charge in [-0.2, -0.15) is 4.31 Å². The number of benzene rings is 1. The summed E-state index contributed by atoms with van der Waals surface area (Å²) in [6, 6.07) is 3.57. The third-order valence-electron chi connectivity index (χ3n) is 3.48. The molecule has 0 bridgehead atoms. The van der Waals surface area contributed by atoms with Gasteiger partial charge < -0.3 is 5.32 Å². The summed E-state index contributed by atoms with van der Waals surface area (Å²) in [6.45, 7) is 1.43. The lowest BCUT2D eigenvalue weighted by atomic mass is 10.1. The molecule has 0 spiro atoms. The van der Waals surface area contributed by atoms with E-state index in [9.17, 15) is 18.5 Å². The second-order valence-electron chi connectivity index (χ2n) is 4.94. The molecule has 116 valence electrons. The molecular weight excluding hydrogens is 318 g/mol. The van der Waals surface area contributed by atoms with Crippen LogP contribution in [0.1, 0.15) is 6.42 Å². The molecule has 1 aliphatic heterocycles. The van der Waals surface area contributed by atoms with Crippen LogP contribution in [0.15, 0.2) is 23.1 Å². The maximum atomic E-state index is 12.6. The van der Waals surface area contributed by atoms with Crippen molar-refractivity contribution in [2.75, 3.05) is 26.7 Å². The number of rotatable bonds is 5. The van der Waals surface area contributed by atoms with E-state index in [-0.39, 0.29) is 15.8 Å². The van der Waals surface area contributed by atoms with Gasteiger partial charge in [0.2, 0.25) is 10.0 Å². The number of nitro groups is 1. The average molecular weight is 334 g/mol. The Morgan fingerprint density at radius 2 is 2.24 bits per heavy atom. The molecular formula is C12H16ClN3O4S. The second kappa shape index (κ2) is 6.27. The second-order valence-corrected chi connectivity index (χ2v) is 7.29. The number of nitrogens with one attached hydrogen (secondary N) is 1. The van der Waals surface area contributed by atoms with E-state index in [1.54, 1.807) is 7.05 Å². The molecule has 1 saturated heterocycles. The van der Waals surface area contributed by atoms with Crippen molar-refractivity contribution in [1.29, 1.82) is 0 Å². The fourth-order valence-corrected chi connectivity index (χ4v) is 4.41. The lowest BCUT2D eigenvalue weighted by Crippen LogP contribution is -2.30. The first kappa shape index (κ1) is 16.2. The van der Waals surface area contributed by atoms with E-state index in [4.69, 9.17) is 11.6 Å². The molecule has 1 heterocycles. The molecule has 21 heavy (non-hydrogen) atoms. The number of hydrogen-bond acceptors (Lipinski definition) is 5. The van der Waals surface area contributed by atoms with Gasteiger partial charge in [0.05, 0.1) is 4.92 Å². The minimum atomic E-state index is -3.91. The minimum Gasteiger partial charge on any atom is -0.319 e. The van der Waals surface area contributed by atoms with E-state index < -0.39 is 20.6 Å². The maximum absolute atomic E-state index is 12.6. The van der Waals surface area contributed by atoms with Crippen LogP contribution >= 0.6 is 11.6 Å². The Morgan fingerprint density at radius 1 is 1.52 bits per heavy atom. The molecule has 1 aliphatic rings. The smallest absolute Gasteiger partial charge is 0.289 e. The highest BCUT2D eigenvalue weighted by atomic mass is 35.5. The molecule has 1 aromatic rings. The van der Waals surface area contributed by atoms with Crippen LogP contribution in [0, 0.1) is 16.0 Å². The van der Waals surface area contributed by atoms with E-state index in [2.05, 4.69) is 5.32 Å². The van der Waals surface area contributed by atoms with Gasteiger partial charge in [0.25, 0.3) is 5.69 Å². The van der Waals surface area contributed by atoms with Crippen molar-refractivity contribution in [2.24, 2.45) is 5.92 Å². The summed E-state index contributed by atoms with van der Waals surface area (Å²) < 4.78 is 26.5. The standard InChI is InChI=1S/C12H16ClN3O4S/c1-14-7-9-4-5-15(8-9)21(19,20)12-6-10(13)2-3-11(12)16(17)18/h2-3,6,9,14H,4-5,7-8H2,1H3. The van der Waals surface area contributed by atoms with Crippen molar-refractivity contribution in [2.45, 2.75) is 11.3 Å². The number of nitro benzene ring substituents is 1. The van der Waals surface area contributed by atoms with Gasteiger partial charge in [-0.15, -0.1) is 0 Å². The molecule has 1 unspecified atom stereocenters. The van der Waals surface area contributed by atoms with E-state index in [0.29, 0.717) is 19.6 Å². The van der Waals surface area contributed by atoms with Gasteiger partial charge in [0, 0.05) is 24.2 Å². The Hall–Kier alpha value is -1.22. The largest absolute Gasteiger partial charge is 0.319 e. The van der Waals surface area contributed by atoms with Crippen LogP contribution in [-0.4, -0.2) is 44.3 Å². The summed E-state index contributed by atoms with van der Waals surface area (Å²) >= 11 is 5.80. The number of nitrogens with zero attached hydrogens (tertiary/aromatic N) is 2. The summed E-state index contributed by atoms with van der Waals surface area (Å²) in [6.07, 6.45) is 0.731. The fourth-order valence-electron chi connectivity index (χ4n) is 2.46. The van der Waals surface area contributed by atoms with Crippen LogP contribution in [0.2, 0.25) is 5.02 Å². The zero-order valence-electron chi connectivity index (χ0n) is 11.5. The molecule has 1 fully saturated rings. The molecule has 0 saturated carbocycles. The molecule has 0 amide bonds. The normalized spacial score (nSPS) is 19.8. The molecule has 7 nitrogen and oxygen atoms in total. The SMILES string of the molecule is CNCC1CCN(S(=O)(=O)c2cc(Cl)ccc2[N+](=O)[O-])C1. The third kappa shape index (κ3) is 3.34. The molecule has 2 rings (SSSR count). The number of hydrogen-bond donors (Lipinski definition) is 1. The summed E-state index contributed by atoms with van der Waals surface area (Å²) in [4.78, 5) is 9.98. The van der Waals surface area contributed by atoms with Crippen LogP contribution in [0.4, 0.5) is 5.69 Å². The first-order chi connectivity index (χ1) is 9.86. The van der Waals surface area contributed by atoms with Gasteiger partial charge in [-0.3, -0.25) is 10.1 Å². The molecule has 1 N–H and O–H groups in total. The highest BCUT2D eigenvalue weighted by Crippen LogP contribution is 2.32. The lowest BCUT2D eigenvalue weighted by Gasteiger charge is -2.16. The van der Waals surface area contributed by atoms with E-state index in [1.165, 1.54) is 10.4 Å². The Balaban J connectivity index is 2.36. The van der Waals surface area contributed by atoms with Crippen molar-refractivity contribution in [3.8, 4) is 0 Å². The average Bonchev–Trinajstić information content (AvgIpc) is 2.88. The van der Waals surface area contributed by atoms with E-state index in [0.717, 1.165) is 18.6 Å². The van der Waals surface area contributed by atoms with Gasteiger partial charge in [0.1, 0.15) is 0 Å². The van der Waals surface area contributed by atoms with Crippen molar-refractivity contribution in [3.05, 3.63) is 33.3 Å². The lowest BCUT2D eigenvalue weighted by molar-refractivity contribution is -0.387. The predicted molar refractivity (Wildman–Crippen MR) is 78.9 cm³/mol. The quantitative estimate of drug-likeness (QED) is 0.650. The van der Waals surface area contributed by atoms with Gasteiger partial charge in [-0.1, -0.05) is 11.6 Å². The maximum Gasteiger partial charge on any atom is 0.289 e. The van der Waals surface area contributed by atoms with Crippen molar-refractivity contribution >= 4 is 27.3 Å². The Bertz CT molecular complexity index is 650. The zero-order valence-corrected chi connectivity index (χ0v) is 13.0. The monoisotopic (exact) mass is 333 g/mol. The molecule has 0 aliphatic carbocycles. The van der Waals surface area contributed by atoms with Crippen LogP contribution in [0.3, 0.4) is 0 Å². The topological polar surface area (TPSA) is 92.6 Å². The first-order valence-electron chi connectivity index (χ1n) is 6.45. The van der Waals surface area contributed by atoms with Crippen molar-refractivity contribution in [3.63, 3.8) is 0 Å². The summed E-state index contributed by atoms with van der Waals surface area (Å²) in [5.74, 6) is 0.211. The minimum absolute atomic E-state index is 0.158. The van der Waals surface area contributed by atoms with Crippen LogP contribution in [0.25, 0.3) is 0 Å². The van der Waals surface area contributed by atoms with Crippen LogP contribution in [0.5, 0.6) is 0 Å². The Kier molecular flexibility index (Phi) is 4.82. The number of sulfonamides is 1. The third-order valence-corrected chi connectivity index (χ3v) is 5.61. The summed E-state index contributed by atoms with van der Waals surface area (Å²) in [7, 11) is -2.10. The van der Waals surface area contributed by atoms with E-state index in [1.807, 2.05) is 0 Å². The van der Waals surface area contributed by atoms with E-state index >= 15 is 0 Å². The molecule has 0 radical (unpaired) electrons. The van der Waals surface area contributed by atoms with Gasteiger partial charge in [-0.25, -0.2) is 8.42 Å². The Morgan fingerprint density at radius 3 is 2.86 bits per heavy atom.